The van der Waals surface area contributed by atoms with Gasteiger partial charge < -0.3 is 4.74 Å². The van der Waals surface area contributed by atoms with Gasteiger partial charge in [0.15, 0.2) is 0 Å². The summed E-state index contributed by atoms with van der Waals surface area (Å²) in [7, 11) is 0. The van der Waals surface area contributed by atoms with Crippen molar-refractivity contribution in [2.75, 3.05) is 6.61 Å². The van der Waals surface area contributed by atoms with Crippen molar-refractivity contribution >= 4 is 11.3 Å². The second kappa shape index (κ2) is 10.3. The Hall–Kier alpha value is -2.49. The predicted molar refractivity (Wildman–Crippen MR) is 100 cm³/mol. The summed E-state index contributed by atoms with van der Waals surface area (Å²) in [5, 5.41) is 8.80. The fraction of sp³-hybridized carbons (Fsp3) is 0.286. The summed E-state index contributed by atoms with van der Waals surface area (Å²) in [6.07, 6.45) is 9.18. The summed E-state index contributed by atoms with van der Waals surface area (Å²) in [6, 6.07) is 13.6. The van der Waals surface area contributed by atoms with Gasteiger partial charge in [-0.3, -0.25) is 0 Å². The molecule has 2 aromatic rings. The van der Waals surface area contributed by atoms with Crippen molar-refractivity contribution in [2.24, 2.45) is 0 Å². The maximum Gasteiger partial charge on any atom is 0.119 e. The first-order valence-corrected chi connectivity index (χ1v) is 9.03. The second-order valence-electron chi connectivity index (χ2n) is 5.33. The summed E-state index contributed by atoms with van der Waals surface area (Å²) in [6.45, 7) is 2.81. The van der Waals surface area contributed by atoms with Crippen molar-refractivity contribution in [2.45, 2.75) is 32.6 Å². The molecule has 1 heterocycles. The van der Waals surface area contributed by atoms with Crippen LogP contribution in [0.25, 0.3) is 0 Å². The molecule has 0 N–H and O–H groups in total. The number of nitriles is 1. The van der Waals surface area contributed by atoms with Crippen molar-refractivity contribution < 1.29 is 4.74 Å². The molecule has 2 rings (SSSR count). The highest BCUT2D eigenvalue weighted by Crippen LogP contribution is 2.15. The lowest BCUT2D eigenvalue weighted by Crippen LogP contribution is -1.93. The van der Waals surface area contributed by atoms with E-state index in [0.717, 1.165) is 22.6 Å². The minimum Gasteiger partial charge on any atom is -0.490 e. The molecule has 0 unspecified atom stereocenters. The zero-order chi connectivity index (χ0) is 17.0. The van der Waals surface area contributed by atoms with Gasteiger partial charge in [-0.15, -0.1) is 11.3 Å². The van der Waals surface area contributed by atoms with Gasteiger partial charge in [-0.2, -0.15) is 5.26 Å². The van der Waals surface area contributed by atoms with E-state index in [2.05, 4.69) is 37.0 Å². The quantitative estimate of drug-likeness (QED) is 0.378. The maximum absolute atomic E-state index is 8.80. The van der Waals surface area contributed by atoms with Crippen LogP contribution in [-0.2, 0) is 0 Å². The van der Waals surface area contributed by atoms with Crippen molar-refractivity contribution in [1.29, 1.82) is 5.26 Å². The number of hydrogen-bond acceptors (Lipinski definition) is 3. The summed E-state index contributed by atoms with van der Waals surface area (Å²) >= 11 is 1.41. The molecule has 0 saturated heterocycles. The van der Waals surface area contributed by atoms with E-state index in [4.69, 9.17) is 10.00 Å². The molecule has 1 aromatic carbocycles. The van der Waals surface area contributed by atoms with Crippen molar-refractivity contribution in [1.82, 2.24) is 0 Å². The average Bonchev–Trinajstić information content (AvgIpc) is 3.08. The van der Waals surface area contributed by atoms with Crippen LogP contribution >= 0.6 is 11.3 Å². The zero-order valence-electron chi connectivity index (χ0n) is 13.9. The number of hydrogen-bond donors (Lipinski definition) is 0. The number of allylic oxidation sites excluding steroid dienone is 1. The Morgan fingerprint density at radius 3 is 2.50 bits per heavy atom. The van der Waals surface area contributed by atoms with Crippen LogP contribution < -0.4 is 4.74 Å². The topological polar surface area (TPSA) is 33.0 Å². The third-order valence-corrected chi connectivity index (χ3v) is 4.29. The first-order valence-electron chi connectivity index (χ1n) is 8.21. The molecule has 0 saturated carbocycles. The standard InChI is InChI=1S/C21H21NOS/c1-2-3-4-5-6-7-16-23-19-11-8-18(9-12-19)10-13-20-14-15-21(17-22)24-20/h6-9,11-12,14-15H,2-5,16H2,1H3/b7-6+. The molecule has 0 radical (unpaired) electrons. The molecule has 3 heteroatoms. The molecular weight excluding hydrogens is 314 g/mol. The van der Waals surface area contributed by atoms with Gasteiger partial charge in [-0.05, 0) is 49.2 Å². The Balaban J connectivity index is 1.80. The van der Waals surface area contributed by atoms with Crippen LogP contribution in [0.2, 0.25) is 0 Å². The molecule has 122 valence electrons. The van der Waals surface area contributed by atoms with E-state index in [-0.39, 0.29) is 0 Å². The van der Waals surface area contributed by atoms with E-state index in [9.17, 15) is 0 Å². The lowest BCUT2D eigenvalue weighted by molar-refractivity contribution is 0.362. The fourth-order valence-corrected chi connectivity index (χ4v) is 2.73. The highest BCUT2D eigenvalue weighted by Gasteiger charge is 1.95. The van der Waals surface area contributed by atoms with Crippen molar-refractivity contribution in [3.8, 4) is 23.7 Å². The molecule has 0 fully saturated rings. The summed E-state index contributed by atoms with van der Waals surface area (Å²) < 4.78 is 5.68. The highest BCUT2D eigenvalue weighted by atomic mass is 32.1. The normalized spacial score (nSPS) is 10.2. The molecule has 0 atom stereocenters. The molecule has 0 aliphatic rings. The number of unbranched alkanes of at least 4 members (excludes halogenated alkanes) is 3. The van der Waals surface area contributed by atoms with Crippen molar-refractivity contribution in [3.63, 3.8) is 0 Å². The molecule has 0 bridgehead atoms. The van der Waals surface area contributed by atoms with E-state index in [1.54, 1.807) is 6.07 Å². The summed E-state index contributed by atoms with van der Waals surface area (Å²) in [5.41, 5.74) is 0.935. The molecule has 0 aliphatic carbocycles. The lowest BCUT2D eigenvalue weighted by Gasteiger charge is -2.02. The molecule has 0 amide bonds. The van der Waals surface area contributed by atoms with Crippen LogP contribution in [0.5, 0.6) is 5.75 Å². The number of ether oxygens (including phenoxy) is 1. The van der Waals surface area contributed by atoms with Crippen LogP contribution in [0.4, 0.5) is 0 Å². The molecular formula is C21H21NOS. The zero-order valence-corrected chi connectivity index (χ0v) is 14.7. The largest absolute Gasteiger partial charge is 0.490 e. The predicted octanol–water partition coefficient (Wildman–Crippen LogP) is 5.53. The summed E-state index contributed by atoms with van der Waals surface area (Å²) in [5.74, 6) is 7.03. The molecule has 24 heavy (non-hydrogen) atoms. The number of thiophene rings is 1. The van der Waals surface area contributed by atoms with Gasteiger partial charge >= 0.3 is 0 Å². The second-order valence-corrected chi connectivity index (χ2v) is 6.41. The molecule has 0 aliphatic heterocycles. The molecule has 1 aromatic heterocycles. The summed E-state index contributed by atoms with van der Waals surface area (Å²) in [4.78, 5) is 1.59. The Bertz CT molecular complexity index is 754. The average molecular weight is 335 g/mol. The smallest absolute Gasteiger partial charge is 0.119 e. The monoisotopic (exact) mass is 335 g/mol. The van der Waals surface area contributed by atoms with Gasteiger partial charge in [0.25, 0.3) is 0 Å². The van der Waals surface area contributed by atoms with Gasteiger partial charge in [0.2, 0.25) is 0 Å². The first-order chi connectivity index (χ1) is 11.8. The Labute approximate surface area is 148 Å². The lowest BCUT2D eigenvalue weighted by atomic mass is 10.2. The van der Waals surface area contributed by atoms with Crippen LogP contribution in [-0.4, -0.2) is 6.61 Å². The maximum atomic E-state index is 8.80. The SMILES string of the molecule is CCCCC/C=C/COc1ccc(C#Cc2ccc(C#N)s2)cc1. The third kappa shape index (κ3) is 6.32. The fourth-order valence-electron chi connectivity index (χ4n) is 2.08. The Morgan fingerprint density at radius 1 is 1.00 bits per heavy atom. The number of benzene rings is 1. The minimum absolute atomic E-state index is 0.600. The van der Waals surface area contributed by atoms with E-state index in [1.807, 2.05) is 30.3 Å². The van der Waals surface area contributed by atoms with Crippen LogP contribution in [0.15, 0.2) is 48.6 Å². The van der Waals surface area contributed by atoms with E-state index >= 15 is 0 Å². The van der Waals surface area contributed by atoms with Crippen LogP contribution in [0.3, 0.4) is 0 Å². The Morgan fingerprint density at radius 2 is 1.79 bits per heavy atom. The minimum atomic E-state index is 0.600. The van der Waals surface area contributed by atoms with E-state index in [1.165, 1.54) is 30.6 Å². The highest BCUT2D eigenvalue weighted by molar-refractivity contribution is 7.13. The van der Waals surface area contributed by atoms with Gasteiger partial charge in [0.05, 0.1) is 4.88 Å². The van der Waals surface area contributed by atoms with E-state index < -0.39 is 0 Å². The van der Waals surface area contributed by atoms with Gasteiger partial charge in [0, 0.05) is 5.56 Å². The molecule has 2 nitrogen and oxygen atoms in total. The van der Waals surface area contributed by atoms with Gasteiger partial charge in [0.1, 0.15) is 23.3 Å². The third-order valence-electron chi connectivity index (χ3n) is 3.39. The van der Waals surface area contributed by atoms with Gasteiger partial charge in [-0.25, -0.2) is 0 Å². The van der Waals surface area contributed by atoms with Crippen LogP contribution in [0.1, 0.15) is 47.9 Å². The van der Waals surface area contributed by atoms with Crippen molar-refractivity contribution in [3.05, 3.63) is 63.9 Å². The molecule has 0 spiro atoms. The first kappa shape index (κ1) is 17.9. The van der Waals surface area contributed by atoms with E-state index in [0.29, 0.717) is 11.5 Å². The Kier molecular flexibility index (Phi) is 7.68. The van der Waals surface area contributed by atoms with Crippen LogP contribution in [0, 0.1) is 23.2 Å². The number of nitrogens with zero attached hydrogens (tertiary/aromatic N) is 1. The number of rotatable bonds is 7. The van der Waals surface area contributed by atoms with Gasteiger partial charge in [-0.1, -0.05) is 43.8 Å².